The van der Waals surface area contributed by atoms with Crippen LogP contribution >= 0.6 is 10.0 Å². The van der Waals surface area contributed by atoms with Crippen LogP contribution in [0.4, 0.5) is 0 Å². The van der Waals surface area contributed by atoms with Gasteiger partial charge in [-0.25, -0.2) is 10.0 Å². The van der Waals surface area contributed by atoms with Crippen LogP contribution < -0.4 is 0 Å². The fraction of sp³-hybridized carbons (Fsp3) is 1.00. The van der Waals surface area contributed by atoms with E-state index in [0.717, 1.165) is 6.61 Å². The Morgan fingerprint density at radius 1 is 0.917 bits per heavy atom. The van der Waals surface area contributed by atoms with Crippen molar-refractivity contribution < 1.29 is 4.74 Å². The van der Waals surface area contributed by atoms with Gasteiger partial charge in [-0.15, -0.1) is 0 Å². The molecule has 0 unspecified atom stereocenters. The predicted octanol–water partition coefficient (Wildman–Crippen LogP) is 2.89. The molecule has 0 N–H and O–H groups in total. The number of hydrogen-bond acceptors (Lipinski definition) is 1. The van der Waals surface area contributed by atoms with Gasteiger partial charge in [-0.3, -0.25) is 0 Å². The van der Waals surface area contributed by atoms with Gasteiger partial charge in [0.1, 0.15) is 0 Å². The molecule has 0 rings (SSSR count). The number of ether oxygens (including phenoxy) is 1. The first-order valence-corrected chi connectivity index (χ1v) is 7.74. The monoisotopic (exact) mass is 192 g/mol. The van der Waals surface area contributed by atoms with Crippen molar-refractivity contribution >= 4 is 10.0 Å². The maximum absolute atomic E-state index is 4.99. The van der Waals surface area contributed by atoms with Crippen LogP contribution in [0, 0.1) is 0 Å². The van der Waals surface area contributed by atoms with E-state index in [2.05, 4.69) is 18.8 Å². The van der Waals surface area contributed by atoms with Gasteiger partial charge in [0.05, 0.1) is 0 Å². The second kappa shape index (κ2) is 6.79. The molecule has 0 fully saturated rings. The molecule has 0 bridgehead atoms. The van der Waals surface area contributed by atoms with Crippen molar-refractivity contribution in [2.24, 2.45) is 0 Å². The molecule has 0 saturated carbocycles. The highest BCUT2D eigenvalue weighted by atomic mass is 32.3. The molecule has 12 heavy (non-hydrogen) atoms. The molecular weight excluding hydrogens is 168 g/mol. The van der Waals surface area contributed by atoms with E-state index in [1.807, 2.05) is 0 Å². The van der Waals surface area contributed by atoms with Crippen molar-refractivity contribution in [2.75, 3.05) is 38.2 Å². The summed E-state index contributed by atoms with van der Waals surface area (Å²) in [5.74, 6) is 1.43. The second-order valence-electron chi connectivity index (χ2n) is 4.20. The first-order valence-electron chi connectivity index (χ1n) is 4.71. The van der Waals surface area contributed by atoms with E-state index >= 15 is 0 Å². The van der Waals surface area contributed by atoms with Crippen LogP contribution in [0.1, 0.15) is 25.7 Å². The Morgan fingerprint density at radius 3 is 2.00 bits per heavy atom. The van der Waals surface area contributed by atoms with E-state index in [1.165, 1.54) is 31.4 Å². The number of rotatable bonds is 7. The molecule has 0 spiro atoms. The summed E-state index contributed by atoms with van der Waals surface area (Å²) in [5.41, 5.74) is 0. The lowest BCUT2D eigenvalue weighted by molar-refractivity contribution is 0.192. The lowest BCUT2D eigenvalue weighted by Gasteiger charge is -2.24. The number of methoxy groups -OCH3 is 1. The third kappa shape index (κ3) is 10.3. The quantitative estimate of drug-likeness (QED) is 0.564. The molecule has 0 heterocycles. The molecule has 2 heteroatoms. The van der Waals surface area contributed by atoms with Crippen LogP contribution in [0.3, 0.4) is 0 Å². The molecule has 0 aliphatic rings. The van der Waals surface area contributed by atoms with E-state index in [1.54, 1.807) is 7.11 Å². The SMILES string of the molecule is COCCCCCCS(C)(C)C. The number of hydrogen-bond donors (Lipinski definition) is 0. The van der Waals surface area contributed by atoms with Gasteiger partial charge < -0.3 is 4.74 Å². The van der Waals surface area contributed by atoms with Gasteiger partial charge in [-0.2, -0.15) is 0 Å². The normalized spacial score (nSPS) is 13.3. The minimum Gasteiger partial charge on any atom is -0.385 e. The van der Waals surface area contributed by atoms with Crippen molar-refractivity contribution in [1.82, 2.24) is 0 Å². The van der Waals surface area contributed by atoms with Crippen molar-refractivity contribution in [3.63, 3.8) is 0 Å². The highest BCUT2D eigenvalue weighted by molar-refractivity contribution is 8.32. The Bertz CT molecular complexity index is 96.5. The minimum absolute atomic E-state index is 0.248. The van der Waals surface area contributed by atoms with Gasteiger partial charge in [0.25, 0.3) is 0 Å². The zero-order chi connectivity index (χ0) is 9.45. The standard InChI is InChI=1S/C10H24OS/c1-11-9-7-5-6-8-10-12(2,3)4/h5-10H2,1-4H3. The molecule has 0 aliphatic heterocycles. The van der Waals surface area contributed by atoms with Crippen molar-refractivity contribution in [1.29, 1.82) is 0 Å². The van der Waals surface area contributed by atoms with E-state index < -0.39 is 0 Å². The first kappa shape index (κ1) is 12.3. The summed E-state index contributed by atoms with van der Waals surface area (Å²) >= 11 is 0. The molecule has 0 atom stereocenters. The summed E-state index contributed by atoms with van der Waals surface area (Å²) in [6.07, 6.45) is 12.5. The van der Waals surface area contributed by atoms with Crippen LogP contribution in [0.2, 0.25) is 0 Å². The molecule has 0 aliphatic carbocycles. The van der Waals surface area contributed by atoms with Crippen molar-refractivity contribution in [2.45, 2.75) is 25.7 Å². The smallest absolute Gasteiger partial charge is 0.0462 e. The molecule has 76 valence electrons. The molecule has 0 saturated heterocycles. The third-order valence-corrected chi connectivity index (χ3v) is 3.37. The maximum Gasteiger partial charge on any atom is 0.0462 e. The summed E-state index contributed by atoms with van der Waals surface area (Å²) in [6, 6.07) is 0. The van der Waals surface area contributed by atoms with Crippen LogP contribution in [0.25, 0.3) is 0 Å². The highest BCUT2D eigenvalue weighted by Gasteiger charge is 2.02. The molecule has 0 amide bonds. The molecule has 0 aromatic carbocycles. The van der Waals surface area contributed by atoms with Gasteiger partial charge in [0, 0.05) is 13.7 Å². The Kier molecular flexibility index (Phi) is 6.96. The highest BCUT2D eigenvalue weighted by Crippen LogP contribution is 2.35. The van der Waals surface area contributed by atoms with Crippen LogP contribution in [0.5, 0.6) is 0 Å². The molecular formula is C10H24OS. The fourth-order valence-electron chi connectivity index (χ4n) is 1.14. The molecule has 0 radical (unpaired) electrons. The summed E-state index contributed by atoms with van der Waals surface area (Å²) in [7, 11) is 1.53. The van der Waals surface area contributed by atoms with Gasteiger partial charge >= 0.3 is 0 Å². The lowest BCUT2D eigenvalue weighted by Crippen LogP contribution is -1.98. The summed E-state index contributed by atoms with van der Waals surface area (Å²) in [5, 5.41) is 0. The minimum atomic E-state index is -0.248. The van der Waals surface area contributed by atoms with E-state index in [-0.39, 0.29) is 10.0 Å². The van der Waals surface area contributed by atoms with E-state index in [4.69, 9.17) is 4.74 Å². The van der Waals surface area contributed by atoms with Gasteiger partial charge in [0.2, 0.25) is 0 Å². The average molecular weight is 192 g/mol. The van der Waals surface area contributed by atoms with Crippen LogP contribution in [-0.4, -0.2) is 38.2 Å². The summed E-state index contributed by atoms with van der Waals surface area (Å²) < 4.78 is 4.99. The summed E-state index contributed by atoms with van der Waals surface area (Å²) in [4.78, 5) is 0. The molecule has 0 aromatic rings. The van der Waals surface area contributed by atoms with E-state index in [9.17, 15) is 0 Å². The molecule has 0 aromatic heterocycles. The van der Waals surface area contributed by atoms with Gasteiger partial charge in [-0.1, -0.05) is 12.8 Å². The average Bonchev–Trinajstić information content (AvgIpc) is 1.94. The zero-order valence-electron chi connectivity index (χ0n) is 9.06. The second-order valence-corrected chi connectivity index (χ2v) is 8.79. The zero-order valence-corrected chi connectivity index (χ0v) is 9.88. The van der Waals surface area contributed by atoms with Crippen LogP contribution in [-0.2, 0) is 4.74 Å². The third-order valence-electron chi connectivity index (χ3n) is 1.86. The predicted molar refractivity (Wildman–Crippen MR) is 60.6 cm³/mol. The first-order chi connectivity index (χ1) is 5.56. The molecule has 1 nitrogen and oxygen atoms in total. The lowest BCUT2D eigenvalue weighted by atomic mass is 10.2. The van der Waals surface area contributed by atoms with Crippen LogP contribution in [0.15, 0.2) is 0 Å². The Balaban J connectivity index is 3.01. The largest absolute Gasteiger partial charge is 0.385 e. The number of unbranched alkanes of at least 4 members (excludes halogenated alkanes) is 3. The van der Waals surface area contributed by atoms with E-state index in [0.29, 0.717) is 0 Å². The van der Waals surface area contributed by atoms with Crippen molar-refractivity contribution in [3.8, 4) is 0 Å². The Labute approximate surface area is 79.2 Å². The van der Waals surface area contributed by atoms with Gasteiger partial charge in [-0.05, 0) is 37.4 Å². The summed E-state index contributed by atoms with van der Waals surface area (Å²) in [6.45, 7) is 0.933. The topological polar surface area (TPSA) is 9.23 Å². The fourth-order valence-corrected chi connectivity index (χ4v) is 2.21. The Hall–Kier alpha value is 0.310. The van der Waals surface area contributed by atoms with Gasteiger partial charge in [0.15, 0.2) is 0 Å². The van der Waals surface area contributed by atoms with Crippen molar-refractivity contribution in [3.05, 3.63) is 0 Å². The Morgan fingerprint density at radius 2 is 1.50 bits per heavy atom. The maximum atomic E-state index is 4.99.